The van der Waals surface area contributed by atoms with Crippen LogP contribution in [0.25, 0.3) is 22.3 Å². The highest BCUT2D eigenvalue weighted by atomic mass is 31.2. The second-order valence-corrected chi connectivity index (χ2v) is 20.4. The first-order valence-corrected chi connectivity index (χ1v) is 24.3. The molecule has 4 unspecified atom stereocenters. The minimum absolute atomic E-state index is 0.00504. The Bertz CT molecular complexity index is 2750. The fourth-order valence-corrected chi connectivity index (χ4v) is 13.7. The van der Waals surface area contributed by atoms with Gasteiger partial charge in [0.1, 0.15) is 11.5 Å². The van der Waals surface area contributed by atoms with E-state index in [9.17, 15) is 0 Å². The summed E-state index contributed by atoms with van der Waals surface area (Å²) in [6.45, 7) is 2.69. The molecule has 0 radical (unpaired) electrons. The molecule has 0 aliphatic carbocycles. The highest BCUT2D eigenvalue weighted by Crippen LogP contribution is 2.65. The number of hydrogen-bond donors (Lipinski definition) is 0. The first-order valence-electron chi connectivity index (χ1n) is 20.9. The summed E-state index contributed by atoms with van der Waals surface area (Å²) in [7, 11) is -7.33. The molecule has 2 heterocycles. The molecule has 0 fully saturated rings. The van der Waals surface area contributed by atoms with E-state index in [4.69, 9.17) is 18.5 Å². The number of ether oxygens (including phenoxy) is 2. The third-order valence-corrected chi connectivity index (χ3v) is 17.1. The van der Waals surface area contributed by atoms with E-state index in [0.717, 1.165) is 55.6 Å². The Labute approximate surface area is 362 Å². The molecule has 6 nitrogen and oxygen atoms in total. The first kappa shape index (κ1) is 39.9. The van der Waals surface area contributed by atoms with Crippen molar-refractivity contribution in [3.63, 3.8) is 0 Å². The number of rotatable bonds is 12. The summed E-state index contributed by atoms with van der Waals surface area (Å²) in [5.74, 6) is -0.572. The lowest BCUT2D eigenvalue weighted by Gasteiger charge is -2.34. The molecule has 8 aromatic carbocycles. The third kappa shape index (κ3) is 7.44. The molecular formula is C54H44O6P2. The number of para-hydroxylation sites is 2. The van der Waals surface area contributed by atoms with Crippen LogP contribution in [0.5, 0.6) is 11.5 Å². The molecule has 0 N–H and O–H groups in total. The van der Waals surface area contributed by atoms with Crippen molar-refractivity contribution < 1.29 is 27.7 Å². The van der Waals surface area contributed by atoms with E-state index in [2.05, 4.69) is 31.2 Å². The Kier molecular flexibility index (Phi) is 10.9. The van der Waals surface area contributed by atoms with Crippen molar-refractivity contribution in [3.8, 4) is 33.8 Å². The molecule has 0 spiro atoms. The molecular weight excluding hydrogens is 807 g/mol. The molecule has 62 heavy (non-hydrogen) atoms. The molecule has 10 rings (SSSR count). The number of hydrogen-bond acceptors (Lipinski definition) is 6. The third-order valence-electron chi connectivity index (χ3n) is 11.9. The minimum atomic E-state index is -3.67. The topological polar surface area (TPSA) is 71.1 Å². The predicted molar refractivity (Wildman–Crippen MR) is 248 cm³/mol. The monoisotopic (exact) mass is 850 g/mol. The molecule has 0 saturated carbocycles. The van der Waals surface area contributed by atoms with Crippen LogP contribution in [0.15, 0.2) is 206 Å². The molecule has 4 atom stereocenters. The van der Waals surface area contributed by atoms with E-state index >= 15 is 9.13 Å². The quantitative estimate of drug-likeness (QED) is 0.114. The second kappa shape index (κ2) is 16.9. The van der Waals surface area contributed by atoms with Gasteiger partial charge in [-0.3, -0.25) is 9.13 Å². The summed E-state index contributed by atoms with van der Waals surface area (Å²) in [4.78, 5) is 0. The normalized spacial score (nSPS) is 18.7. The summed E-state index contributed by atoms with van der Waals surface area (Å²) < 4.78 is 57.4. The maximum atomic E-state index is 15.5. The van der Waals surface area contributed by atoms with Crippen LogP contribution in [0.2, 0.25) is 0 Å². The fourth-order valence-electron chi connectivity index (χ4n) is 8.59. The molecule has 0 bridgehead atoms. The van der Waals surface area contributed by atoms with Crippen LogP contribution in [0.3, 0.4) is 0 Å². The molecule has 0 aromatic heterocycles. The van der Waals surface area contributed by atoms with Crippen LogP contribution in [0.1, 0.15) is 57.9 Å². The Morgan fingerprint density at radius 3 is 1.11 bits per heavy atom. The summed E-state index contributed by atoms with van der Waals surface area (Å²) in [6.07, 6.45) is 0. The lowest BCUT2D eigenvalue weighted by Crippen LogP contribution is -2.23. The SMILES string of the molecule is CC(c1ccc(C(OCc2ccccc2)P2(=O)Oc3ccccc3-c3ccccc32)cc1)c1ccc(C(OCc2ccccc2)P2(=O)Oc3ccccc3-c3ccccc32)cc1. The average Bonchev–Trinajstić information content (AvgIpc) is 3.33. The summed E-state index contributed by atoms with van der Waals surface area (Å²) >= 11 is 0. The predicted octanol–water partition coefficient (Wildman–Crippen LogP) is 13.6. The number of fused-ring (bicyclic) bond motifs is 6. The highest BCUT2D eigenvalue weighted by molar-refractivity contribution is 7.68. The van der Waals surface area contributed by atoms with E-state index in [0.29, 0.717) is 22.1 Å². The van der Waals surface area contributed by atoms with E-state index in [1.807, 2.05) is 182 Å². The van der Waals surface area contributed by atoms with Gasteiger partial charge in [-0.15, -0.1) is 0 Å². The summed E-state index contributed by atoms with van der Waals surface area (Å²) in [6, 6.07) is 67.3. The van der Waals surface area contributed by atoms with Crippen molar-refractivity contribution in [3.05, 3.63) is 240 Å². The van der Waals surface area contributed by atoms with Gasteiger partial charge in [0.15, 0.2) is 11.7 Å². The maximum absolute atomic E-state index is 15.5. The van der Waals surface area contributed by atoms with Gasteiger partial charge in [0.25, 0.3) is 0 Å². The Hall–Kier alpha value is -6.26. The van der Waals surface area contributed by atoms with Gasteiger partial charge in [-0.25, -0.2) is 0 Å². The number of benzene rings is 8. The fraction of sp³-hybridized carbons (Fsp3) is 0.111. The van der Waals surface area contributed by atoms with Crippen molar-refractivity contribution in [2.75, 3.05) is 0 Å². The summed E-state index contributed by atoms with van der Waals surface area (Å²) in [5.41, 5.74) is 9.23. The lowest BCUT2D eigenvalue weighted by atomic mass is 9.92. The highest BCUT2D eigenvalue weighted by Gasteiger charge is 2.46. The van der Waals surface area contributed by atoms with Gasteiger partial charge in [0, 0.05) is 17.0 Å². The van der Waals surface area contributed by atoms with Crippen LogP contribution in [0, 0.1) is 0 Å². The van der Waals surface area contributed by atoms with Crippen LogP contribution in [-0.2, 0) is 31.8 Å². The van der Waals surface area contributed by atoms with Gasteiger partial charge >= 0.3 is 14.7 Å². The Morgan fingerprint density at radius 1 is 0.387 bits per heavy atom. The van der Waals surface area contributed by atoms with Crippen molar-refractivity contribution in [1.82, 2.24) is 0 Å². The standard InChI is InChI=1S/C54H44O6P2/c1-38(41-28-32-43(33-29-41)53(57-36-39-16-4-2-5-17-39)61(55)51-26-14-10-22-47(51)45-20-8-12-24-49(45)59-61)42-30-34-44(35-31-42)54(58-37-40-18-6-3-7-19-40)62(56)52-27-15-11-23-48(52)46-21-9-13-25-50(46)60-62/h2-35,38,53-54H,36-37H2,1H3. The average molecular weight is 851 g/mol. The van der Waals surface area contributed by atoms with Crippen molar-refractivity contribution in [2.45, 2.75) is 37.7 Å². The molecule has 0 saturated heterocycles. The van der Waals surface area contributed by atoms with Gasteiger partial charge < -0.3 is 18.5 Å². The summed E-state index contributed by atoms with van der Waals surface area (Å²) in [5, 5.41) is 1.29. The van der Waals surface area contributed by atoms with Gasteiger partial charge in [0.2, 0.25) is 0 Å². The molecule has 8 aromatic rings. The van der Waals surface area contributed by atoms with Gasteiger partial charge in [-0.05, 0) is 68.8 Å². The molecule has 2 aliphatic heterocycles. The van der Waals surface area contributed by atoms with E-state index in [1.165, 1.54) is 0 Å². The minimum Gasteiger partial charge on any atom is -0.437 e. The zero-order valence-electron chi connectivity index (χ0n) is 34.1. The van der Waals surface area contributed by atoms with Gasteiger partial charge in [0.05, 0.1) is 23.8 Å². The van der Waals surface area contributed by atoms with Crippen LogP contribution in [0.4, 0.5) is 0 Å². The van der Waals surface area contributed by atoms with Crippen molar-refractivity contribution in [1.29, 1.82) is 0 Å². The molecule has 0 amide bonds. The molecule has 8 heteroatoms. The van der Waals surface area contributed by atoms with Crippen molar-refractivity contribution in [2.24, 2.45) is 0 Å². The lowest BCUT2D eigenvalue weighted by molar-refractivity contribution is 0.0858. The largest absolute Gasteiger partial charge is 0.437 e. The van der Waals surface area contributed by atoms with Crippen LogP contribution < -0.4 is 19.7 Å². The van der Waals surface area contributed by atoms with E-state index in [1.54, 1.807) is 0 Å². The van der Waals surface area contributed by atoms with E-state index < -0.39 is 26.4 Å². The molecule has 2 aliphatic rings. The van der Waals surface area contributed by atoms with Crippen molar-refractivity contribution >= 4 is 25.3 Å². The maximum Gasteiger partial charge on any atom is 0.310 e. The smallest absolute Gasteiger partial charge is 0.310 e. The van der Waals surface area contributed by atoms with Crippen LogP contribution in [-0.4, -0.2) is 0 Å². The Morgan fingerprint density at radius 2 is 0.710 bits per heavy atom. The zero-order chi connectivity index (χ0) is 42.1. The van der Waals surface area contributed by atoms with E-state index in [-0.39, 0.29) is 19.1 Å². The van der Waals surface area contributed by atoms with Gasteiger partial charge in [-0.2, -0.15) is 0 Å². The molecule has 306 valence electrons. The van der Waals surface area contributed by atoms with Gasteiger partial charge in [-0.1, -0.05) is 189 Å². The zero-order valence-corrected chi connectivity index (χ0v) is 35.9. The van der Waals surface area contributed by atoms with Crippen LogP contribution >= 0.6 is 14.7 Å². The first-order chi connectivity index (χ1) is 30.4. The Balaban J connectivity index is 0.960. The second-order valence-electron chi connectivity index (χ2n) is 15.8.